The molecule has 1 aromatic heterocycles. The van der Waals surface area contributed by atoms with Crippen LogP contribution in [0.15, 0.2) is 53.7 Å². The van der Waals surface area contributed by atoms with Gasteiger partial charge in [0.25, 0.3) is 0 Å². The molecule has 35 heavy (non-hydrogen) atoms. The molecule has 2 N–H and O–H groups in total. The third-order valence-electron chi connectivity index (χ3n) is 4.83. The van der Waals surface area contributed by atoms with E-state index in [4.69, 9.17) is 9.47 Å². The highest BCUT2D eigenvalue weighted by Gasteiger charge is 2.14. The molecule has 9 nitrogen and oxygen atoms in total. The van der Waals surface area contributed by atoms with E-state index in [1.807, 2.05) is 17.6 Å². The molecule has 1 heterocycles. The minimum absolute atomic E-state index is 0.107. The molecule has 2 amide bonds. The monoisotopic (exact) mass is 499 g/mol. The largest absolute Gasteiger partial charge is 0.493 e. The normalized spacial score (nSPS) is 10.9. The summed E-state index contributed by atoms with van der Waals surface area (Å²) in [7, 11) is 3.11. The Morgan fingerprint density at radius 1 is 1.09 bits per heavy atom. The first-order chi connectivity index (χ1) is 16.9. The fourth-order valence-electron chi connectivity index (χ4n) is 3.09. The second kappa shape index (κ2) is 12.6. The minimum Gasteiger partial charge on any atom is -0.493 e. The molecule has 11 heteroatoms. The zero-order valence-electron chi connectivity index (χ0n) is 19.6. The molecule has 3 rings (SSSR count). The molecule has 0 spiro atoms. The van der Waals surface area contributed by atoms with Gasteiger partial charge < -0.3 is 24.7 Å². The lowest BCUT2D eigenvalue weighted by atomic mass is 10.2. The van der Waals surface area contributed by atoms with Crippen LogP contribution in [-0.4, -0.2) is 46.6 Å². The molecule has 0 saturated carbocycles. The van der Waals surface area contributed by atoms with Crippen LogP contribution in [0.3, 0.4) is 0 Å². The average Bonchev–Trinajstić information content (AvgIpc) is 3.27. The molecule has 0 aliphatic heterocycles. The van der Waals surface area contributed by atoms with Gasteiger partial charge in [-0.25, -0.2) is 4.39 Å². The molecule has 2 aromatic carbocycles. The van der Waals surface area contributed by atoms with Crippen molar-refractivity contribution in [2.24, 2.45) is 0 Å². The maximum absolute atomic E-state index is 13.0. The highest BCUT2D eigenvalue weighted by molar-refractivity contribution is 7.99. The highest BCUT2D eigenvalue weighted by Crippen LogP contribution is 2.28. The van der Waals surface area contributed by atoms with E-state index >= 15 is 0 Å². The fourth-order valence-corrected chi connectivity index (χ4v) is 3.91. The van der Waals surface area contributed by atoms with E-state index in [9.17, 15) is 14.0 Å². The Kier molecular flexibility index (Phi) is 9.24. The lowest BCUT2D eigenvalue weighted by Gasteiger charge is -2.08. The lowest BCUT2D eigenvalue weighted by Crippen LogP contribution is -2.22. The summed E-state index contributed by atoms with van der Waals surface area (Å²) in [5, 5.41) is 14.3. The molecule has 0 fully saturated rings. The van der Waals surface area contributed by atoms with E-state index in [0.717, 1.165) is 5.56 Å². The van der Waals surface area contributed by atoms with Crippen LogP contribution in [0, 0.1) is 5.82 Å². The van der Waals surface area contributed by atoms with Crippen LogP contribution in [0.1, 0.15) is 18.3 Å². The third-order valence-corrected chi connectivity index (χ3v) is 5.79. The van der Waals surface area contributed by atoms with Crippen molar-refractivity contribution in [3.05, 3.63) is 65.7 Å². The Morgan fingerprint density at radius 3 is 2.51 bits per heavy atom. The number of thioether (sulfide) groups is 1. The van der Waals surface area contributed by atoms with Gasteiger partial charge in [0.2, 0.25) is 11.8 Å². The lowest BCUT2D eigenvalue weighted by molar-refractivity contribution is -0.116. The van der Waals surface area contributed by atoms with Crippen LogP contribution in [0.4, 0.5) is 10.1 Å². The number of carbonyl (C=O) groups is 2. The topological polar surface area (TPSA) is 107 Å². The number of hydrogen-bond acceptors (Lipinski definition) is 7. The number of ether oxygens (including phenoxy) is 2. The van der Waals surface area contributed by atoms with Crippen molar-refractivity contribution in [2.45, 2.75) is 25.2 Å². The molecule has 0 atom stereocenters. The summed E-state index contributed by atoms with van der Waals surface area (Å²) < 4.78 is 25.3. The number of aromatic nitrogens is 3. The Morgan fingerprint density at radius 2 is 1.83 bits per heavy atom. The number of hydrogen-bond donors (Lipinski definition) is 2. The number of rotatable bonds is 11. The van der Waals surface area contributed by atoms with E-state index in [-0.39, 0.29) is 29.9 Å². The Hall–Kier alpha value is -3.86. The van der Waals surface area contributed by atoms with Crippen LogP contribution < -0.4 is 20.1 Å². The van der Waals surface area contributed by atoms with E-state index in [0.29, 0.717) is 34.7 Å². The van der Waals surface area contributed by atoms with Gasteiger partial charge >= 0.3 is 0 Å². The highest BCUT2D eigenvalue weighted by atomic mass is 32.2. The number of halogens is 1. The van der Waals surface area contributed by atoms with E-state index in [2.05, 4.69) is 20.8 Å². The fraction of sp³-hybridized carbons (Fsp3) is 0.250. The Labute approximate surface area is 206 Å². The SMILES string of the molecule is CCn1c(CNC(=O)/C=C/c2ccc(OC)c(OC)c2)nnc1SCC(=O)Nc1ccc(F)cc1. The van der Waals surface area contributed by atoms with Crippen LogP contribution in [0.2, 0.25) is 0 Å². The average molecular weight is 500 g/mol. The van der Waals surface area contributed by atoms with Gasteiger partial charge in [0, 0.05) is 18.3 Å². The summed E-state index contributed by atoms with van der Waals surface area (Å²) in [6, 6.07) is 10.9. The van der Waals surface area contributed by atoms with Gasteiger partial charge in [0.15, 0.2) is 22.5 Å². The van der Waals surface area contributed by atoms with Crippen molar-refractivity contribution < 1.29 is 23.5 Å². The zero-order valence-corrected chi connectivity index (χ0v) is 20.4. The van der Waals surface area contributed by atoms with E-state index in [1.165, 1.54) is 42.1 Å². The van der Waals surface area contributed by atoms with Crippen LogP contribution >= 0.6 is 11.8 Å². The van der Waals surface area contributed by atoms with Gasteiger partial charge in [-0.15, -0.1) is 10.2 Å². The van der Waals surface area contributed by atoms with Gasteiger partial charge in [-0.05, 0) is 55.0 Å². The number of nitrogens with zero attached hydrogens (tertiary/aromatic N) is 3. The minimum atomic E-state index is -0.371. The Balaban J connectivity index is 1.53. The smallest absolute Gasteiger partial charge is 0.244 e. The maximum Gasteiger partial charge on any atom is 0.244 e. The van der Waals surface area contributed by atoms with Crippen molar-refractivity contribution in [3.8, 4) is 11.5 Å². The molecule has 0 unspecified atom stereocenters. The second-order valence-corrected chi connectivity index (χ2v) is 8.09. The van der Waals surface area contributed by atoms with Gasteiger partial charge in [-0.1, -0.05) is 17.8 Å². The first-order valence-corrected chi connectivity index (χ1v) is 11.7. The molecular formula is C24H26FN5O4S. The zero-order chi connectivity index (χ0) is 25.2. The van der Waals surface area contributed by atoms with Crippen molar-refractivity contribution in [3.63, 3.8) is 0 Å². The molecule has 0 saturated heterocycles. The molecule has 184 valence electrons. The third kappa shape index (κ3) is 7.31. The molecule has 0 radical (unpaired) electrons. The maximum atomic E-state index is 13.0. The molecule has 0 bridgehead atoms. The molecular weight excluding hydrogens is 473 g/mol. The standard InChI is InChI=1S/C24H26FN5O4S/c1-4-30-21(14-26-22(31)12-6-16-5-11-19(33-2)20(13-16)34-3)28-29-24(30)35-15-23(32)27-18-9-7-17(25)8-10-18/h5-13H,4,14-15H2,1-3H3,(H,26,31)(H,27,32)/b12-6+. The number of nitrogens with one attached hydrogen (secondary N) is 2. The summed E-state index contributed by atoms with van der Waals surface area (Å²) in [4.78, 5) is 24.5. The molecule has 3 aromatic rings. The van der Waals surface area contributed by atoms with Crippen LogP contribution in [0.25, 0.3) is 6.08 Å². The van der Waals surface area contributed by atoms with Crippen molar-refractivity contribution in [2.75, 3.05) is 25.3 Å². The Bertz CT molecular complexity index is 1200. The van der Waals surface area contributed by atoms with Gasteiger partial charge in [0.1, 0.15) is 5.82 Å². The number of anilines is 1. The number of amides is 2. The summed E-state index contributed by atoms with van der Waals surface area (Å²) >= 11 is 1.23. The second-order valence-electron chi connectivity index (χ2n) is 7.15. The van der Waals surface area contributed by atoms with Gasteiger partial charge in [-0.2, -0.15) is 0 Å². The predicted molar refractivity (Wildman–Crippen MR) is 132 cm³/mol. The number of benzene rings is 2. The summed E-state index contributed by atoms with van der Waals surface area (Å²) in [6.45, 7) is 2.67. The first-order valence-electron chi connectivity index (χ1n) is 10.7. The van der Waals surface area contributed by atoms with Crippen LogP contribution in [-0.2, 0) is 22.7 Å². The summed E-state index contributed by atoms with van der Waals surface area (Å²) in [5.41, 5.74) is 1.30. The summed E-state index contributed by atoms with van der Waals surface area (Å²) in [6.07, 6.45) is 3.09. The van der Waals surface area contributed by atoms with Crippen LogP contribution in [0.5, 0.6) is 11.5 Å². The molecule has 0 aliphatic rings. The number of carbonyl (C=O) groups excluding carboxylic acids is 2. The van der Waals surface area contributed by atoms with Crippen molar-refractivity contribution >= 4 is 35.3 Å². The number of methoxy groups -OCH3 is 2. The van der Waals surface area contributed by atoms with Crippen molar-refractivity contribution in [1.82, 2.24) is 20.1 Å². The van der Waals surface area contributed by atoms with Gasteiger partial charge in [-0.3, -0.25) is 9.59 Å². The molecule has 0 aliphatic carbocycles. The van der Waals surface area contributed by atoms with Gasteiger partial charge in [0.05, 0.1) is 26.5 Å². The van der Waals surface area contributed by atoms with E-state index in [1.54, 1.807) is 32.4 Å². The predicted octanol–water partition coefficient (Wildman–Crippen LogP) is 3.51. The van der Waals surface area contributed by atoms with Crippen molar-refractivity contribution in [1.29, 1.82) is 0 Å². The quantitative estimate of drug-likeness (QED) is 0.307. The summed E-state index contributed by atoms with van der Waals surface area (Å²) in [5.74, 6) is 0.944. The van der Waals surface area contributed by atoms with E-state index < -0.39 is 0 Å². The first kappa shape index (κ1) is 25.8.